The zero-order chi connectivity index (χ0) is 15.0. The lowest BCUT2D eigenvalue weighted by Gasteiger charge is -2.04. The van der Waals surface area contributed by atoms with Crippen LogP contribution in [-0.2, 0) is 0 Å². The molecule has 3 rings (SSSR count). The molecule has 0 unspecified atom stereocenters. The van der Waals surface area contributed by atoms with Crippen LogP contribution >= 0.6 is 23.2 Å². The summed E-state index contributed by atoms with van der Waals surface area (Å²) < 4.78 is 0. The van der Waals surface area contributed by atoms with Gasteiger partial charge in [0.1, 0.15) is 0 Å². The third-order valence-corrected chi connectivity index (χ3v) is 4.09. The number of fused-ring (bicyclic) bond motifs is 1. The molecule has 1 heterocycles. The zero-order valence-corrected chi connectivity index (χ0v) is 12.2. The van der Waals surface area contributed by atoms with Gasteiger partial charge in [0.2, 0.25) is 0 Å². The van der Waals surface area contributed by atoms with Crippen LogP contribution in [0.5, 0.6) is 0 Å². The molecule has 0 saturated heterocycles. The predicted molar refractivity (Wildman–Crippen MR) is 82.9 cm³/mol. The minimum absolute atomic E-state index is 0.216. The molecule has 0 aliphatic carbocycles. The van der Waals surface area contributed by atoms with Gasteiger partial charge in [-0.1, -0.05) is 35.3 Å². The Bertz CT molecular complexity index is 906. The number of carbonyl (C=O) groups excluding carboxylic acids is 1. The van der Waals surface area contributed by atoms with Gasteiger partial charge in [0.05, 0.1) is 21.7 Å². The Morgan fingerprint density at radius 2 is 1.86 bits per heavy atom. The molecule has 21 heavy (non-hydrogen) atoms. The van der Waals surface area contributed by atoms with E-state index in [-0.39, 0.29) is 10.8 Å². The fourth-order valence-corrected chi connectivity index (χ4v) is 2.67. The number of halogens is 2. The Morgan fingerprint density at radius 3 is 2.62 bits per heavy atom. The average molecular weight is 315 g/mol. The van der Waals surface area contributed by atoms with Crippen LogP contribution in [0.1, 0.15) is 21.5 Å². The number of nitrogens with one attached hydrogen (secondary N) is 1. The van der Waals surface area contributed by atoms with Gasteiger partial charge in [-0.05, 0) is 24.3 Å². The van der Waals surface area contributed by atoms with Crippen molar-refractivity contribution in [3.8, 4) is 6.07 Å². The highest BCUT2D eigenvalue weighted by atomic mass is 35.5. The maximum Gasteiger partial charge on any atom is 0.196 e. The first kappa shape index (κ1) is 13.7. The number of aromatic nitrogens is 1. The number of nitrogens with zero attached hydrogens (tertiary/aromatic N) is 1. The second kappa shape index (κ2) is 5.25. The molecule has 3 aromatic rings. The highest BCUT2D eigenvalue weighted by Gasteiger charge is 2.19. The first-order chi connectivity index (χ1) is 10.1. The van der Waals surface area contributed by atoms with E-state index in [0.29, 0.717) is 27.1 Å². The molecule has 0 fully saturated rings. The van der Waals surface area contributed by atoms with Crippen LogP contribution in [0.25, 0.3) is 10.9 Å². The Kier molecular flexibility index (Phi) is 3.42. The molecular formula is C16H8Cl2N2O. The van der Waals surface area contributed by atoms with E-state index >= 15 is 0 Å². The summed E-state index contributed by atoms with van der Waals surface area (Å²) in [5.74, 6) is -0.267. The first-order valence-electron chi connectivity index (χ1n) is 6.12. The standard InChI is InChI=1S/C16H8Cl2N2O/c17-12-5-2-4-10(15(12)18)16(21)11-8-20-13-6-1-3-9(7-19)14(11)13/h1-6,8,20H. The summed E-state index contributed by atoms with van der Waals surface area (Å²) in [5, 5.41) is 10.3. The Balaban J connectivity index is 2.24. The third-order valence-electron chi connectivity index (χ3n) is 3.27. The van der Waals surface area contributed by atoms with Crippen molar-refractivity contribution in [2.24, 2.45) is 0 Å². The topological polar surface area (TPSA) is 56.6 Å². The average Bonchev–Trinajstić information content (AvgIpc) is 2.93. The van der Waals surface area contributed by atoms with Crippen molar-refractivity contribution >= 4 is 39.9 Å². The molecule has 0 aliphatic heterocycles. The molecule has 3 nitrogen and oxygen atoms in total. The van der Waals surface area contributed by atoms with Gasteiger partial charge in [-0.2, -0.15) is 5.26 Å². The van der Waals surface area contributed by atoms with Crippen LogP contribution in [0.2, 0.25) is 10.0 Å². The molecule has 1 N–H and O–H groups in total. The van der Waals surface area contributed by atoms with Crippen molar-refractivity contribution < 1.29 is 4.79 Å². The van der Waals surface area contributed by atoms with Gasteiger partial charge in [0, 0.05) is 28.2 Å². The van der Waals surface area contributed by atoms with Crippen LogP contribution < -0.4 is 0 Å². The van der Waals surface area contributed by atoms with Crippen LogP contribution in [0.15, 0.2) is 42.6 Å². The van der Waals surface area contributed by atoms with E-state index in [9.17, 15) is 10.1 Å². The van der Waals surface area contributed by atoms with Gasteiger partial charge >= 0.3 is 0 Å². The molecule has 0 aliphatic rings. The van der Waals surface area contributed by atoms with E-state index in [1.165, 1.54) is 0 Å². The Hall–Kier alpha value is -2.28. The van der Waals surface area contributed by atoms with Gasteiger partial charge in [-0.25, -0.2) is 0 Å². The highest BCUT2D eigenvalue weighted by Crippen LogP contribution is 2.30. The third kappa shape index (κ3) is 2.19. The lowest BCUT2D eigenvalue weighted by atomic mass is 10.00. The van der Waals surface area contributed by atoms with E-state index in [1.54, 1.807) is 36.5 Å². The van der Waals surface area contributed by atoms with Gasteiger partial charge in [-0.15, -0.1) is 0 Å². The van der Waals surface area contributed by atoms with Crippen molar-refractivity contribution in [2.45, 2.75) is 0 Å². The molecular weight excluding hydrogens is 307 g/mol. The maximum absolute atomic E-state index is 12.7. The molecule has 0 bridgehead atoms. The molecule has 0 radical (unpaired) electrons. The van der Waals surface area contributed by atoms with E-state index in [2.05, 4.69) is 11.1 Å². The lowest BCUT2D eigenvalue weighted by molar-refractivity contribution is 0.104. The number of ketones is 1. The van der Waals surface area contributed by atoms with Crippen molar-refractivity contribution in [3.05, 3.63) is 69.3 Å². The monoisotopic (exact) mass is 314 g/mol. The SMILES string of the molecule is N#Cc1cccc2[nH]cc(C(=O)c3cccc(Cl)c3Cl)c12. The van der Waals surface area contributed by atoms with Crippen LogP contribution in [0.4, 0.5) is 0 Å². The number of benzene rings is 2. The van der Waals surface area contributed by atoms with Crippen molar-refractivity contribution in [1.29, 1.82) is 5.26 Å². The fraction of sp³-hybridized carbons (Fsp3) is 0. The quantitative estimate of drug-likeness (QED) is 0.704. The van der Waals surface area contributed by atoms with E-state index in [4.69, 9.17) is 23.2 Å². The van der Waals surface area contributed by atoms with Gasteiger partial charge in [0.15, 0.2) is 5.78 Å². The first-order valence-corrected chi connectivity index (χ1v) is 6.88. The number of H-pyrrole nitrogens is 1. The lowest BCUT2D eigenvalue weighted by Crippen LogP contribution is -2.02. The van der Waals surface area contributed by atoms with E-state index < -0.39 is 0 Å². The molecule has 0 amide bonds. The Morgan fingerprint density at radius 1 is 1.10 bits per heavy atom. The molecule has 0 saturated carbocycles. The molecule has 2 aromatic carbocycles. The van der Waals surface area contributed by atoms with Crippen LogP contribution in [-0.4, -0.2) is 10.8 Å². The Labute approximate surface area is 130 Å². The van der Waals surface area contributed by atoms with E-state index in [1.807, 2.05) is 6.07 Å². The second-order valence-electron chi connectivity index (χ2n) is 4.47. The minimum atomic E-state index is -0.267. The predicted octanol–water partition coefficient (Wildman–Crippen LogP) is 4.58. The van der Waals surface area contributed by atoms with Crippen molar-refractivity contribution in [2.75, 3.05) is 0 Å². The van der Waals surface area contributed by atoms with Crippen LogP contribution in [0.3, 0.4) is 0 Å². The number of hydrogen-bond donors (Lipinski definition) is 1. The number of carbonyl (C=O) groups is 1. The molecule has 5 heteroatoms. The molecule has 102 valence electrons. The summed E-state index contributed by atoms with van der Waals surface area (Å²) >= 11 is 12.1. The summed E-state index contributed by atoms with van der Waals surface area (Å²) in [5.41, 5.74) is 1.90. The molecule has 0 spiro atoms. The molecule has 1 aromatic heterocycles. The smallest absolute Gasteiger partial charge is 0.196 e. The summed E-state index contributed by atoms with van der Waals surface area (Å²) in [6.45, 7) is 0. The fourth-order valence-electron chi connectivity index (χ4n) is 2.28. The number of nitriles is 1. The van der Waals surface area contributed by atoms with Crippen molar-refractivity contribution in [3.63, 3.8) is 0 Å². The van der Waals surface area contributed by atoms with Gasteiger partial charge in [0.25, 0.3) is 0 Å². The summed E-state index contributed by atoms with van der Waals surface area (Å²) in [6.07, 6.45) is 1.59. The number of aromatic amines is 1. The number of rotatable bonds is 2. The highest BCUT2D eigenvalue weighted by molar-refractivity contribution is 6.44. The summed E-state index contributed by atoms with van der Waals surface area (Å²) in [6, 6.07) is 12.2. The van der Waals surface area contributed by atoms with Crippen LogP contribution in [0, 0.1) is 11.3 Å². The molecule has 0 atom stereocenters. The van der Waals surface area contributed by atoms with Gasteiger partial charge in [-0.3, -0.25) is 4.79 Å². The minimum Gasteiger partial charge on any atom is -0.360 e. The van der Waals surface area contributed by atoms with Gasteiger partial charge < -0.3 is 4.98 Å². The largest absolute Gasteiger partial charge is 0.360 e. The zero-order valence-electron chi connectivity index (χ0n) is 10.7. The summed E-state index contributed by atoms with van der Waals surface area (Å²) in [4.78, 5) is 15.7. The van der Waals surface area contributed by atoms with E-state index in [0.717, 1.165) is 5.52 Å². The normalized spacial score (nSPS) is 10.5. The second-order valence-corrected chi connectivity index (χ2v) is 5.26. The summed E-state index contributed by atoms with van der Waals surface area (Å²) in [7, 11) is 0. The number of hydrogen-bond acceptors (Lipinski definition) is 2. The van der Waals surface area contributed by atoms with Crippen molar-refractivity contribution in [1.82, 2.24) is 4.98 Å². The maximum atomic E-state index is 12.7.